The van der Waals surface area contributed by atoms with Gasteiger partial charge in [-0.15, -0.1) is 0 Å². The summed E-state index contributed by atoms with van der Waals surface area (Å²) in [5.74, 6) is -0.713. The number of hydrogen-bond acceptors (Lipinski definition) is 4. The molecule has 0 bridgehead atoms. The number of sulfonamides is 1. The van der Waals surface area contributed by atoms with Crippen LogP contribution in [-0.4, -0.2) is 38.4 Å². The predicted octanol–water partition coefficient (Wildman–Crippen LogP) is 0.680. The van der Waals surface area contributed by atoms with Crippen LogP contribution in [0.5, 0.6) is 0 Å². The van der Waals surface area contributed by atoms with Gasteiger partial charge in [-0.05, 0) is 25.1 Å². The topological polar surface area (TPSA) is 73.2 Å². The second-order valence-corrected chi connectivity index (χ2v) is 6.31. The summed E-state index contributed by atoms with van der Waals surface area (Å²) in [6.45, 7) is 3.32. The van der Waals surface area contributed by atoms with E-state index in [0.29, 0.717) is 19.6 Å². The van der Waals surface area contributed by atoms with Crippen LogP contribution in [0.2, 0.25) is 0 Å². The maximum atomic E-state index is 13.2. The molecule has 19 heavy (non-hydrogen) atoms. The van der Waals surface area contributed by atoms with E-state index in [9.17, 15) is 12.8 Å². The highest BCUT2D eigenvalue weighted by Gasteiger charge is 2.31. The first kappa shape index (κ1) is 13.9. The third-order valence-electron chi connectivity index (χ3n) is 3.11. The van der Waals surface area contributed by atoms with Crippen molar-refractivity contribution in [1.82, 2.24) is 9.62 Å². The van der Waals surface area contributed by atoms with E-state index in [0.717, 1.165) is 12.1 Å². The number of nitrogens with one attached hydrogen (secondary N) is 1. The molecule has 1 aromatic rings. The Morgan fingerprint density at radius 2 is 2.26 bits per heavy atom. The normalized spacial score (nSPS) is 21.0. The van der Waals surface area contributed by atoms with Crippen molar-refractivity contribution in [3.05, 3.63) is 29.6 Å². The average Bonchev–Trinajstić information content (AvgIpc) is 2.39. The molecule has 1 aliphatic rings. The van der Waals surface area contributed by atoms with Gasteiger partial charge < -0.3 is 5.32 Å². The van der Waals surface area contributed by atoms with Crippen LogP contribution in [-0.2, 0) is 10.0 Å². The fraction of sp³-hybridized carbons (Fsp3) is 0.417. The Bertz CT molecular complexity index is 624. The first-order valence-electron chi connectivity index (χ1n) is 5.89. The van der Waals surface area contributed by atoms with Crippen LogP contribution in [0.1, 0.15) is 12.5 Å². The monoisotopic (exact) mass is 283 g/mol. The van der Waals surface area contributed by atoms with E-state index < -0.39 is 15.8 Å². The molecule has 2 rings (SSSR count). The first-order chi connectivity index (χ1) is 8.96. The molecule has 1 heterocycles. The molecule has 1 aliphatic heterocycles. The summed E-state index contributed by atoms with van der Waals surface area (Å²) < 4.78 is 39.5. The molecule has 1 saturated heterocycles. The fourth-order valence-corrected chi connectivity index (χ4v) is 3.72. The highest BCUT2D eigenvalue weighted by molar-refractivity contribution is 7.89. The molecule has 1 atom stereocenters. The third-order valence-corrected chi connectivity index (χ3v) is 5.11. The number of halogens is 1. The lowest BCUT2D eigenvalue weighted by Crippen LogP contribution is -2.52. The summed E-state index contributed by atoms with van der Waals surface area (Å²) in [7, 11) is -3.69. The van der Waals surface area contributed by atoms with Gasteiger partial charge in [-0.1, -0.05) is 0 Å². The van der Waals surface area contributed by atoms with Crippen LogP contribution in [0.4, 0.5) is 4.39 Å². The minimum absolute atomic E-state index is 0.0424. The van der Waals surface area contributed by atoms with Gasteiger partial charge in [-0.2, -0.15) is 9.57 Å². The van der Waals surface area contributed by atoms with E-state index >= 15 is 0 Å². The molecule has 0 aromatic heterocycles. The molecule has 0 saturated carbocycles. The van der Waals surface area contributed by atoms with Crippen LogP contribution >= 0.6 is 0 Å². The Hall–Kier alpha value is -1.49. The zero-order valence-corrected chi connectivity index (χ0v) is 11.2. The molecule has 0 spiro atoms. The van der Waals surface area contributed by atoms with Gasteiger partial charge in [-0.25, -0.2) is 12.8 Å². The molecule has 102 valence electrons. The molecule has 1 aromatic carbocycles. The van der Waals surface area contributed by atoms with E-state index in [1.54, 1.807) is 13.0 Å². The predicted molar refractivity (Wildman–Crippen MR) is 67.3 cm³/mol. The molecule has 0 radical (unpaired) electrons. The average molecular weight is 283 g/mol. The number of hydrogen-bond donors (Lipinski definition) is 1. The smallest absolute Gasteiger partial charge is 0.243 e. The van der Waals surface area contributed by atoms with Crippen LogP contribution in [0.15, 0.2) is 23.1 Å². The lowest BCUT2D eigenvalue weighted by atomic mass is 10.2. The van der Waals surface area contributed by atoms with Gasteiger partial charge in [-0.3, -0.25) is 0 Å². The second-order valence-electron chi connectivity index (χ2n) is 4.42. The third kappa shape index (κ3) is 2.61. The van der Waals surface area contributed by atoms with Crippen molar-refractivity contribution in [2.45, 2.75) is 17.9 Å². The maximum absolute atomic E-state index is 13.2. The summed E-state index contributed by atoms with van der Waals surface area (Å²) in [5.41, 5.74) is -0.260. The largest absolute Gasteiger partial charge is 0.314 e. The van der Waals surface area contributed by atoms with Crippen LogP contribution in [0.3, 0.4) is 0 Å². The Morgan fingerprint density at radius 3 is 2.89 bits per heavy atom. The van der Waals surface area contributed by atoms with Gasteiger partial charge in [0.15, 0.2) is 0 Å². The van der Waals surface area contributed by atoms with E-state index in [-0.39, 0.29) is 16.5 Å². The number of piperazine rings is 1. The van der Waals surface area contributed by atoms with Crippen molar-refractivity contribution in [3.8, 4) is 6.07 Å². The molecule has 1 N–H and O–H groups in total. The summed E-state index contributed by atoms with van der Waals surface area (Å²) in [6.07, 6.45) is 0. The number of nitrogens with zero attached hydrogens (tertiary/aromatic N) is 2. The van der Waals surface area contributed by atoms with Gasteiger partial charge in [0.25, 0.3) is 0 Å². The second kappa shape index (κ2) is 5.25. The summed E-state index contributed by atoms with van der Waals surface area (Å²) in [6, 6.07) is 4.77. The van der Waals surface area contributed by atoms with Crippen molar-refractivity contribution >= 4 is 10.0 Å². The van der Waals surface area contributed by atoms with E-state index in [4.69, 9.17) is 5.26 Å². The van der Waals surface area contributed by atoms with Crippen molar-refractivity contribution in [3.63, 3.8) is 0 Å². The number of benzene rings is 1. The van der Waals surface area contributed by atoms with Crippen molar-refractivity contribution in [1.29, 1.82) is 5.26 Å². The zero-order valence-electron chi connectivity index (χ0n) is 10.4. The Labute approximate surface area is 111 Å². The molecular weight excluding hydrogens is 269 g/mol. The van der Waals surface area contributed by atoms with E-state index in [2.05, 4.69) is 5.32 Å². The van der Waals surface area contributed by atoms with Crippen LogP contribution < -0.4 is 5.32 Å². The SMILES string of the molecule is C[C@@H]1CNCCN1S(=O)(=O)c1ccc(F)c(C#N)c1. The minimum Gasteiger partial charge on any atom is -0.314 e. The molecular formula is C12H14FN3O2S. The van der Waals surface area contributed by atoms with E-state index in [1.807, 2.05) is 0 Å². The minimum atomic E-state index is -3.69. The van der Waals surface area contributed by atoms with Crippen molar-refractivity contribution < 1.29 is 12.8 Å². The zero-order chi connectivity index (χ0) is 14.0. The maximum Gasteiger partial charge on any atom is 0.243 e. The lowest BCUT2D eigenvalue weighted by molar-refractivity contribution is 0.284. The van der Waals surface area contributed by atoms with Crippen LogP contribution in [0.25, 0.3) is 0 Å². The van der Waals surface area contributed by atoms with Crippen molar-refractivity contribution in [2.75, 3.05) is 19.6 Å². The lowest BCUT2D eigenvalue weighted by Gasteiger charge is -2.32. The van der Waals surface area contributed by atoms with Gasteiger partial charge >= 0.3 is 0 Å². The molecule has 7 heteroatoms. The first-order valence-corrected chi connectivity index (χ1v) is 7.33. The Morgan fingerprint density at radius 1 is 1.53 bits per heavy atom. The highest BCUT2D eigenvalue weighted by atomic mass is 32.2. The molecule has 0 unspecified atom stereocenters. The van der Waals surface area contributed by atoms with Gasteiger partial charge in [0.05, 0.1) is 10.5 Å². The standard InChI is InChI=1S/C12H14FN3O2S/c1-9-8-15-4-5-16(9)19(17,18)11-2-3-12(13)10(6-11)7-14/h2-3,6,9,15H,4-5,8H2,1H3/t9-/m1/s1. The summed E-state index contributed by atoms with van der Waals surface area (Å²) in [5, 5.41) is 11.9. The molecule has 5 nitrogen and oxygen atoms in total. The van der Waals surface area contributed by atoms with Gasteiger partial charge in [0, 0.05) is 25.7 Å². The van der Waals surface area contributed by atoms with Crippen molar-refractivity contribution in [2.24, 2.45) is 0 Å². The molecule has 0 aliphatic carbocycles. The highest BCUT2D eigenvalue weighted by Crippen LogP contribution is 2.21. The Kier molecular flexibility index (Phi) is 3.85. The van der Waals surface area contributed by atoms with Crippen LogP contribution in [0, 0.1) is 17.1 Å². The Balaban J connectivity index is 2.42. The summed E-state index contributed by atoms with van der Waals surface area (Å²) in [4.78, 5) is -0.0424. The van der Waals surface area contributed by atoms with E-state index in [1.165, 1.54) is 10.4 Å². The molecule has 0 amide bonds. The quantitative estimate of drug-likeness (QED) is 0.866. The number of rotatable bonds is 2. The van der Waals surface area contributed by atoms with Gasteiger partial charge in [0.1, 0.15) is 11.9 Å². The fourth-order valence-electron chi connectivity index (χ4n) is 2.07. The molecule has 1 fully saturated rings. The number of nitriles is 1. The van der Waals surface area contributed by atoms with Gasteiger partial charge in [0.2, 0.25) is 10.0 Å². The summed E-state index contributed by atoms with van der Waals surface area (Å²) >= 11 is 0.